The quantitative estimate of drug-likeness (QED) is 0.617. The summed E-state index contributed by atoms with van der Waals surface area (Å²) in [6, 6.07) is 14.4. The summed E-state index contributed by atoms with van der Waals surface area (Å²) < 4.78 is 0. The van der Waals surface area contributed by atoms with Crippen molar-refractivity contribution in [2.45, 2.75) is 33.6 Å². The van der Waals surface area contributed by atoms with Crippen molar-refractivity contribution in [3.8, 4) is 0 Å². The highest BCUT2D eigenvalue weighted by Crippen LogP contribution is 2.21. The topological polar surface area (TPSA) is 83.5 Å². The highest BCUT2D eigenvalue weighted by molar-refractivity contribution is 8.13. The number of aromatic carboxylic acids is 1. The molecule has 0 saturated heterocycles. The molecule has 1 amide bonds. The summed E-state index contributed by atoms with van der Waals surface area (Å²) in [6.45, 7) is 5.76. The molecule has 1 unspecified atom stereocenters. The molecule has 2 aromatic rings. The molecule has 0 spiro atoms. The van der Waals surface area contributed by atoms with E-state index >= 15 is 0 Å². The van der Waals surface area contributed by atoms with Crippen LogP contribution >= 0.6 is 11.8 Å². The van der Waals surface area contributed by atoms with Gasteiger partial charge in [0.05, 0.1) is 11.5 Å². The molecule has 5 nitrogen and oxygen atoms in total. The van der Waals surface area contributed by atoms with Gasteiger partial charge in [0.15, 0.2) is 5.12 Å². The van der Waals surface area contributed by atoms with Crippen molar-refractivity contribution in [3.63, 3.8) is 0 Å². The smallest absolute Gasteiger partial charge is 0.335 e. The molecule has 2 rings (SSSR count). The van der Waals surface area contributed by atoms with Crippen molar-refractivity contribution >= 4 is 34.4 Å². The number of carboxylic acid groups (broad SMARTS) is 1. The predicted molar refractivity (Wildman–Crippen MR) is 117 cm³/mol. The molecule has 1 atom stereocenters. The number of rotatable bonds is 9. The van der Waals surface area contributed by atoms with Gasteiger partial charge in [0.1, 0.15) is 0 Å². The lowest BCUT2D eigenvalue weighted by Crippen LogP contribution is -2.27. The van der Waals surface area contributed by atoms with Gasteiger partial charge in [-0.2, -0.15) is 0 Å². The maximum absolute atomic E-state index is 13.0. The zero-order chi connectivity index (χ0) is 21.4. The van der Waals surface area contributed by atoms with Crippen molar-refractivity contribution < 1.29 is 19.5 Å². The van der Waals surface area contributed by atoms with Gasteiger partial charge in [-0.05, 0) is 48.6 Å². The van der Waals surface area contributed by atoms with Crippen LogP contribution in [0.3, 0.4) is 0 Å². The summed E-state index contributed by atoms with van der Waals surface area (Å²) in [5.74, 6) is -1.02. The number of carbonyl (C=O) groups excluding carboxylic acids is 2. The summed E-state index contributed by atoms with van der Waals surface area (Å²) in [4.78, 5) is 36.4. The third-order valence-corrected chi connectivity index (χ3v) is 5.37. The average Bonchev–Trinajstić information content (AvgIpc) is 2.64. The summed E-state index contributed by atoms with van der Waals surface area (Å²) in [7, 11) is 0. The second kappa shape index (κ2) is 10.8. The number of hydrogen-bond donors (Lipinski definition) is 2. The highest BCUT2D eigenvalue weighted by Gasteiger charge is 2.22. The van der Waals surface area contributed by atoms with Gasteiger partial charge in [0.25, 0.3) is 0 Å². The van der Waals surface area contributed by atoms with Crippen molar-refractivity contribution in [2.24, 2.45) is 11.8 Å². The van der Waals surface area contributed by atoms with Crippen LogP contribution in [0.4, 0.5) is 5.69 Å². The van der Waals surface area contributed by atoms with E-state index in [-0.39, 0.29) is 22.5 Å². The monoisotopic (exact) mass is 413 g/mol. The molecule has 0 heterocycles. The Morgan fingerprint density at radius 3 is 2.38 bits per heavy atom. The average molecular weight is 414 g/mol. The van der Waals surface area contributed by atoms with Crippen LogP contribution in [0.15, 0.2) is 48.5 Å². The third kappa shape index (κ3) is 7.74. The van der Waals surface area contributed by atoms with Crippen molar-refractivity contribution in [1.29, 1.82) is 0 Å². The van der Waals surface area contributed by atoms with Gasteiger partial charge in [-0.25, -0.2) is 4.79 Å². The number of thioether (sulfide) groups is 1. The van der Waals surface area contributed by atoms with Gasteiger partial charge in [-0.1, -0.05) is 55.9 Å². The molecule has 0 bridgehead atoms. The summed E-state index contributed by atoms with van der Waals surface area (Å²) in [5.41, 5.74) is 2.34. The minimum absolute atomic E-state index is 0.0783. The number of carboxylic acids is 1. The maximum Gasteiger partial charge on any atom is 0.335 e. The van der Waals surface area contributed by atoms with Crippen LogP contribution in [-0.2, 0) is 16.0 Å². The van der Waals surface area contributed by atoms with Crippen molar-refractivity contribution in [3.05, 3.63) is 65.2 Å². The number of nitrogens with one attached hydrogen (secondary N) is 1. The molecule has 6 heteroatoms. The van der Waals surface area contributed by atoms with Gasteiger partial charge in [-0.15, -0.1) is 0 Å². The Morgan fingerprint density at radius 1 is 1.07 bits per heavy atom. The second-order valence-corrected chi connectivity index (χ2v) is 8.63. The summed E-state index contributed by atoms with van der Waals surface area (Å²) in [5, 5.41) is 12.1. The van der Waals surface area contributed by atoms with Gasteiger partial charge in [0.2, 0.25) is 5.91 Å². The van der Waals surface area contributed by atoms with Gasteiger partial charge in [0, 0.05) is 17.9 Å². The van der Waals surface area contributed by atoms with E-state index in [1.54, 1.807) is 19.1 Å². The Morgan fingerprint density at radius 2 is 1.76 bits per heavy atom. The molecule has 2 N–H and O–H groups in total. The largest absolute Gasteiger partial charge is 0.478 e. The molecule has 0 fully saturated rings. The van der Waals surface area contributed by atoms with E-state index in [9.17, 15) is 19.5 Å². The molecule has 0 saturated carbocycles. The van der Waals surface area contributed by atoms with Crippen LogP contribution in [-0.4, -0.2) is 27.9 Å². The van der Waals surface area contributed by atoms with Crippen LogP contribution in [0.5, 0.6) is 0 Å². The van der Waals surface area contributed by atoms with Crippen LogP contribution in [0.25, 0.3) is 0 Å². The van der Waals surface area contributed by atoms with Crippen LogP contribution in [0.1, 0.15) is 41.8 Å². The molecule has 0 aliphatic heterocycles. The van der Waals surface area contributed by atoms with Gasteiger partial charge < -0.3 is 10.4 Å². The fraction of sp³-hybridized carbons (Fsp3) is 0.348. The number of aryl methyl sites for hydroxylation is 1. The molecule has 2 aromatic carbocycles. The molecule has 29 heavy (non-hydrogen) atoms. The Labute approximate surface area is 175 Å². The van der Waals surface area contributed by atoms with E-state index < -0.39 is 11.9 Å². The van der Waals surface area contributed by atoms with E-state index in [2.05, 4.69) is 5.32 Å². The zero-order valence-corrected chi connectivity index (χ0v) is 17.8. The normalized spacial score (nSPS) is 11.9. The summed E-state index contributed by atoms with van der Waals surface area (Å²) in [6.07, 6.45) is 0.983. The first-order chi connectivity index (χ1) is 13.7. The number of amides is 1. The van der Waals surface area contributed by atoms with Crippen LogP contribution in [0.2, 0.25) is 0 Å². The Bertz CT molecular complexity index is 864. The number of hydrogen-bond acceptors (Lipinski definition) is 4. The van der Waals surface area contributed by atoms with E-state index in [1.165, 1.54) is 17.8 Å². The zero-order valence-electron chi connectivity index (χ0n) is 17.0. The fourth-order valence-corrected chi connectivity index (χ4v) is 4.04. The Balaban J connectivity index is 2.15. The number of carbonyl (C=O) groups is 3. The SMILES string of the molecule is Cc1cc(NC(=O)C(CSC(=O)CC(C)C)Cc2ccccc2)cc(C(=O)O)c1. The fourth-order valence-electron chi connectivity index (χ4n) is 2.93. The minimum Gasteiger partial charge on any atom is -0.478 e. The standard InChI is InChI=1S/C23H27NO4S/c1-15(2)9-21(25)29-14-19(12-17-7-5-4-6-8-17)22(26)24-20-11-16(3)10-18(13-20)23(27)28/h4-8,10-11,13,15,19H,9,12,14H2,1-3H3,(H,24,26)(H,27,28). The molecule has 0 radical (unpaired) electrons. The van der Waals surface area contributed by atoms with Crippen LogP contribution < -0.4 is 5.32 Å². The molecular weight excluding hydrogens is 386 g/mol. The Kier molecular flexibility index (Phi) is 8.46. The lowest BCUT2D eigenvalue weighted by molar-refractivity contribution is -0.119. The molecular formula is C23H27NO4S. The summed E-state index contributed by atoms with van der Waals surface area (Å²) >= 11 is 1.19. The third-order valence-electron chi connectivity index (χ3n) is 4.31. The molecule has 0 aliphatic rings. The second-order valence-electron chi connectivity index (χ2n) is 7.55. The Hall–Kier alpha value is -2.60. The highest BCUT2D eigenvalue weighted by atomic mass is 32.2. The maximum atomic E-state index is 13.0. The van der Waals surface area contributed by atoms with Crippen LogP contribution in [0, 0.1) is 18.8 Å². The first-order valence-corrected chi connectivity index (χ1v) is 10.6. The van der Waals surface area contributed by atoms with E-state index in [0.29, 0.717) is 24.3 Å². The predicted octanol–water partition coefficient (Wildman–Crippen LogP) is 4.80. The lowest BCUT2D eigenvalue weighted by atomic mass is 10.00. The first kappa shape index (κ1) is 22.7. The van der Waals surface area contributed by atoms with Crippen molar-refractivity contribution in [2.75, 3.05) is 11.1 Å². The number of anilines is 1. The number of benzene rings is 2. The van der Waals surface area contributed by atoms with Crippen molar-refractivity contribution in [1.82, 2.24) is 0 Å². The van der Waals surface area contributed by atoms with E-state index in [4.69, 9.17) is 0 Å². The van der Waals surface area contributed by atoms with Gasteiger partial charge in [-0.3, -0.25) is 9.59 Å². The lowest BCUT2D eigenvalue weighted by Gasteiger charge is -2.17. The van der Waals surface area contributed by atoms with E-state index in [1.807, 2.05) is 44.2 Å². The minimum atomic E-state index is -1.04. The molecule has 0 aliphatic carbocycles. The van der Waals surface area contributed by atoms with Gasteiger partial charge >= 0.3 is 5.97 Å². The molecule has 154 valence electrons. The first-order valence-electron chi connectivity index (χ1n) is 9.60. The molecule has 0 aromatic heterocycles. The van der Waals surface area contributed by atoms with E-state index in [0.717, 1.165) is 11.1 Å².